The van der Waals surface area contributed by atoms with Crippen molar-refractivity contribution in [2.24, 2.45) is 11.8 Å². The van der Waals surface area contributed by atoms with Gasteiger partial charge in [-0.25, -0.2) is 0 Å². The van der Waals surface area contributed by atoms with Gasteiger partial charge in [0.2, 0.25) is 0 Å². The predicted molar refractivity (Wildman–Crippen MR) is 88.2 cm³/mol. The van der Waals surface area contributed by atoms with E-state index in [4.69, 9.17) is 0 Å². The molecule has 0 heterocycles. The van der Waals surface area contributed by atoms with Gasteiger partial charge < -0.3 is 0 Å². The fourth-order valence-corrected chi connectivity index (χ4v) is 7.04. The molecular formula is C19H19P. The van der Waals surface area contributed by atoms with Crippen molar-refractivity contribution in [3.8, 4) is 0 Å². The smallest absolute Gasteiger partial charge is 0.000300 e. The Labute approximate surface area is 122 Å². The molecule has 0 nitrogen and oxygen atoms in total. The van der Waals surface area contributed by atoms with Crippen LogP contribution in [0.25, 0.3) is 0 Å². The van der Waals surface area contributed by atoms with E-state index in [1.165, 1.54) is 12.8 Å². The zero-order chi connectivity index (χ0) is 13.4. The van der Waals surface area contributed by atoms with E-state index in [0.29, 0.717) is 0 Å². The lowest BCUT2D eigenvalue weighted by Gasteiger charge is -2.29. The number of benzene rings is 2. The monoisotopic (exact) mass is 278 g/mol. The molecule has 2 atom stereocenters. The molecule has 0 N–H and O–H groups in total. The van der Waals surface area contributed by atoms with E-state index in [2.05, 4.69) is 72.8 Å². The Hall–Kier alpha value is -1.39. The Bertz CT molecular complexity index is 549. The van der Waals surface area contributed by atoms with Crippen LogP contribution >= 0.6 is 7.92 Å². The Balaban J connectivity index is 1.79. The van der Waals surface area contributed by atoms with Gasteiger partial charge in [0, 0.05) is 0 Å². The molecule has 2 unspecified atom stereocenters. The van der Waals surface area contributed by atoms with Crippen molar-refractivity contribution in [3.63, 3.8) is 0 Å². The molecule has 20 heavy (non-hydrogen) atoms. The maximum absolute atomic E-state index is 2.49. The summed E-state index contributed by atoms with van der Waals surface area (Å²) < 4.78 is 0. The molecule has 0 saturated heterocycles. The minimum Gasteiger partial charge on any atom is -0.0844 e. The van der Waals surface area contributed by atoms with Crippen LogP contribution in [0.1, 0.15) is 12.8 Å². The molecule has 0 spiro atoms. The van der Waals surface area contributed by atoms with E-state index in [0.717, 1.165) is 17.5 Å². The third-order valence-electron chi connectivity index (χ3n) is 4.68. The van der Waals surface area contributed by atoms with E-state index >= 15 is 0 Å². The predicted octanol–water partition coefficient (Wildman–Crippen LogP) is 4.08. The van der Waals surface area contributed by atoms with Crippen LogP contribution in [0.15, 0.2) is 72.8 Å². The van der Waals surface area contributed by atoms with Crippen LogP contribution in [0.2, 0.25) is 0 Å². The maximum atomic E-state index is 2.49. The van der Waals surface area contributed by atoms with Crippen molar-refractivity contribution < 1.29 is 0 Å². The average molecular weight is 278 g/mol. The summed E-state index contributed by atoms with van der Waals surface area (Å²) in [6, 6.07) is 22.3. The number of rotatable bonds is 3. The molecule has 1 heteroatoms. The molecule has 0 aromatic heterocycles. The second-order valence-electron chi connectivity index (χ2n) is 5.82. The highest BCUT2D eigenvalue weighted by atomic mass is 31.1. The van der Waals surface area contributed by atoms with Crippen molar-refractivity contribution >= 4 is 18.5 Å². The standard InChI is InChI=1S/C19H19P/c1-3-7-17(8-4-1)20(18-9-5-2-6-10-18)19-15-11-12-16(19)14-13-15/h1-12,15-16,19H,13-14H2. The Morgan fingerprint density at radius 2 is 1.10 bits per heavy atom. The SMILES string of the molecule is C1=CC2CCC1C2P(c1ccccc1)c1ccccc1. The van der Waals surface area contributed by atoms with Crippen LogP contribution in [0, 0.1) is 11.8 Å². The lowest BCUT2D eigenvalue weighted by molar-refractivity contribution is 0.705. The first-order valence-corrected chi connectivity index (χ1v) is 8.92. The first-order valence-electron chi connectivity index (χ1n) is 7.51. The van der Waals surface area contributed by atoms with Crippen LogP contribution in [0.4, 0.5) is 0 Å². The molecule has 4 rings (SSSR count). The Morgan fingerprint density at radius 3 is 1.50 bits per heavy atom. The van der Waals surface area contributed by atoms with Gasteiger partial charge >= 0.3 is 0 Å². The molecule has 2 aliphatic carbocycles. The number of fused-ring (bicyclic) bond motifs is 2. The lowest BCUT2D eigenvalue weighted by atomic mass is 10.1. The zero-order valence-electron chi connectivity index (χ0n) is 11.5. The highest BCUT2D eigenvalue weighted by Crippen LogP contribution is 2.56. The van der Waals surface area contributed by atoms with Crippen molar-refractivity contribution in [2.45, 2.75) is 18.5 Å². The molecular weight excluding hydrogens is 259 g/mol. The van der Waals surface area contributed by atoms with Crippen molar-refractivity contribution in [2.75, 3.05) is 0 Å². The molecule has 1 saturated carbocycles. The minimum absolute atomic E-state index is 0.231. The van der Waals surface area contributed by atoms with E-state index in [1.54, 1.807) is 10.6 Å². The summed E-state index contributed by atoms with van der Waals surface area (Å²) in [7, 11) is -0.231. The number of hydrogen-bond acceptors (Lipinski definition) is 0. The molecule has 1 fully saturated rings. The first-order chi connectivity index (χ1) is 9.93. The van der Waals surface area contributed by atoms with Gasteiger partial charge in [-0.3, -0.25) is 0 Å². The van der Waals surface area contributed by atoms with E-state index < -0.39 is 0 Å². The Kier molecular flexibility index (Phi) is 3.20. The normalized spacial score (nSPS) is 27.4. The van der Waals surface area contributed by atoms with Gasteiger partial charge in [0.05, 0.1) is 0 Å². The number of hydrogen-bond donors (Lipinski definition) is 0. The molecule has 0 aliphatic heterocycles. The fraction of sp³-hybridized carbons (Fsp3) is 0.263. The highest BCUT2D eigenvalue weighted by molar-refractivity contribution is 7.73. The third-order valence-corrected chi connectivity index (χ3v) is 7.75. The third kappa shape index (κ3) is 2.03. The van der Waals surface area contributed by atoms with Gasteiger partial charge in [-0.05, 0) is 48.9 Å². The molecule has 0 amide bonds. The van der Waals surface area contributed by atoms with Crippen molar-refractivity contribution in [1.82, 2.24) is 0 Å². The van der Waals surface area contributed by atoms with E-state index in [9.17, 15) is 0 Å². The second kappa shape index (κ2) is 5.19. The molecule has 2 aromatic carbocycles. The molecule has 2 aliphatic rings. The van der Waals surface area contributed by atoms with Crippen LogP contribution in [0.5, 0.6) is 0 Å². The van der Waals surface area contributed by atoms with Gasteiger partial charge in [-0.15, -0.1) is 0 Å². The summed E-state index contributed by atoms with van der Waals surface area (Å²) in [5.74, 6) is 1.62. The number of allylic oxidation sites excluding steroid dienone is 2. The second-order valence-corrected chi connectivity index (χ2v) is 8.19. The molecule has 0 radical (unpaired) electrons. The summed E-state index contributed by atoms with van der Waals surface area (Å²) in [4.78, 5) is 0. The molecule has 2 bridgehead atoms. The summed E-state index contributed by atoms with van der Waals surface area (Å²) in [6.45, 7) is 0. The van der Waals surface area contributed by atoms with E-state index in [-0.39, 0.29) is 7.92 Å². The van der Waals surface area contributed by atoms with Crippen molar-refractivity contribution in [1.29, 1.82) is 0 Å². The van der Waals surface area contributed by atoms with Crippen LogP contribution < -0.4 is 10.6 Å². The highest BCUT2D eigenvalue weighted by Gasteiger charge is 2.43. The topological polar surface area (TPSA) is 0 Å². The molecule has 100 valence electrons. The summed E-state index contributed by atoms with van der Waals surface area (Å²) >= 11 is 0. The van der Waals surface area contributed by atoms with Gasteiger partial charge in [0.15, 0.2) is 0 Å². The minimum atomic E-state index is -0.231. The lowest BCUT2D eigenvalue weighted by Crippen LogP contribution is -2.25. The molecule has 2 aromatic rings. The van der Waals surface area contributed by atoms with Gasteiger partial charge in [-0.2, -0.15) is 0 Å². The van der Waals surface area contributed by atoms with E-state index in [1.807, 2.05) is 0 Å². The summed E-state index contributed by atoms with van der Waals surface area (Å²) in [6.07, 6.45) is 7.76. The van der Waals surface area contributed by atoms with Crippen LogP contribution in [0.3, 0.4) is 0 Å². The Morgan fingerprint density at radius 1 is 0.650 bits per heavy atom. The van der Waals surface area contributed by atoms with Gasteiger partial charge in [-0.1, -0.05) is 72.8 Å². The first kappa shape index (κ1) is 12.4. The zero-order valence-corrected chi connectivity index (χ0v) is 12.4. The summed E-state index contributed by atoms with van der Waals surface area (Å²) in [5, 5.41) is 3.08. The van der Waals surface area contributed by atoms with Gasteiger partial charge in [0.1, 0.15) is 0 Å². The van der Waals surface area contributed by atoms with Crippen molar-refractivity contribution in [3.05, 3.63) is 72.8 Å². The maximum Gasteiger partial charge on any atom is -0.000300 e. The largest absolute Gasteiger partial charge is 0.0844 e. The quantitative estimate of drug-likeness (QED) is 0.586. The van der Waals surface area contributed by atoms with Gasteiger partial charge in [0.25, 0.3) is 0 Å². The van der Waals surface area contributed by atoms with Crippen LogP contribution in [-0.2, 0) is 0 Å². The average Bonchev–Trinajstić information content (AvgIpc) is 3.10. The summed E-state index contributed by atoms with van der Waals surface area (Å²) in [5.41, 5.74) is 0.829. The fourth-order valence-electron chi connectivity index (χ4n) is 3.80. The van der Waals surface area contributed by atoms with Crippen LogP contribution in [-0.4, -0.2) is 5.66 Å².